The number of hydrogen-bond donors (Lipinski definition) is 0. The van der Waals surface area contributed by atoms with Crippen LogP contribution in [0.4, 0.5) is 4.39 Å². The molecule has 106 valence electrons. The first-order valence-corrected chi connectivity index (χ1v) is 6.45. The first kappa shape index (κ1) is 14.5. The molecule has 1 heterocycles. The highest BCUT2D eigenvalue weighted by Gasteiger charge is 2.18. The van der Waals surface area contributed by atoms with Gasteiger partial charge in [0.1, 0.15) is 5.82 Å². The van der Waals surface area contributed by atoms with E-state index in [1.165, 1.54) is 23.9 Å². The van der Waals surface area contributed by atoms with Gasteiger partial charge < -0.3 is 4.74 Å². The molecule has 0 aliphatic rings. The fraction of sp³-hybridized carbons (Fsp3) is 0.286. The Morgan fingerprint density at radius 1 is 1.40 bits per heavy atom. The van der Waals surface area contributed by atoms with Crippen molar-refractivity contribution in [2.45, 2.75) is 19.8 Å². The Hall–Kier alpha value is -1.88. The summed E-state index contributed by atoms with van der Waals surface area (Å²) in [5.74, 6) is -0.950. The fourth-order valence-corrected chi connectivity index (χ4v) is 1.95. The van der Waals surface area contributed by atoms with Crippen molar-refractivity contribution in [1.82, 2.24) is 9.78 Å². The summed E-state index contributed by atoms with van der Waals surface area (Å²) in [6.45, 7) is 3.92. The Labute approximate surface area is 121 Å². The van der Waals surface area contributed by atoms with Crippen LogP contribution < -0.4 is 0 Å². The van der Waals surface area contributed by atoms with E-state index in [9.17, 15) is 9.18 Å². The van der Waals surface area contributed by atoms with Crippen LogP contribution in [0, 0.1) is 5.82 Å². The molecule has 1 aromatic carbocycles. The van der Waals surface area contributed by atoms with Gasteiger partial charge in [-0.05, 0) is 24.1 Å². The van der Waals surface area contributed by atoms with Crippen molar-refractivity contribution in [3.8, 4) is 5.69 Å². The average Bonchev–Trinajstić information content (AvgIpc) is 2.86. The third-order valence-corrected chi connectivity index (χ3v) is 3.18. The van der Waals surface area contributed by atoms with Gasteiger partial charge in [0.2, 0.25) is 0 Å². The molecule has 0 fully saturated rings. The molecule has 2 aromatic rings. The summed E-state index contributed by atoms with van der Waals surface area (Å²) in [6.07, 6.45) is 0. The molecule has 4 nitrogen and oxygen atoms in total. The Bertz CT molecular complexity index is 653. The molecule has 0 spiro atoms. The lowest BCUT2D eigenvalue weighted by molar-refractivity contribution is 0.0593. The van der Waals surface area contributed by atoms with Gasteiger partial charge in [0, 0.05) is 11.8 Å². The number of esters is 1. The number of nitrogens with zero attached hydrogens (tertiary/aromatic N) is 2. The van der Waals surface area contributed by atoms with Crippen LogP contribution in [0.5, 0.6) is 0 Å². The van der Waals surface area contributed by atoms with Crippen molar-refractivity contribution in [3.63, 3.8) is 0 Å². The van der Waals surface area contributed by atoms with Crippen LogP contribution in [0.1, 0.15) is 35.9 Å². The zero-order chi connectivity index (χ0) is 14.9. The van der Waals surface area contributed by atoms with Gasteiger partial charge >= 0.3 is 5.97 Å². The Balaban J connectivity index is 2.56. The Kier molecular flexibility index (Phi) is 4.09. The van der Waals surface area contributed by atoms with Crippen molar-refractivity contribution >= 4 is 17.6 Å². The quantitative estimate of drug-likeness (QED) is 0.813. The molecule has 0 amide bonds. The zero-order valence-electron chi connectivity index (χ0n) is 11.4. The van der Waals surface area contributed by atoms with E-state index in [0.29, 0.717) is 5.69 Å². The van der Waals surface area contributed by atoms with E-state index in [2.05, 4.69) is 9.84 Å². The molecule has 0 radical (unpaired) electrons. The molecule has 0 aliphatic carbocycles. The number of carbonyl (C=O) groups is 1. The van der Waals surface area contributed by atoms with Crippen molar-refractivity contribution in [1.29, 1.82) is 0 Å². The van der Waals surface area contributed by atoms with Crippen LogP contribution in [0.2, 0.25) is 5.02 Å². The molecule has 2 rings (SSSR count). The van der Waals surface area contributed by atoms with E-state index in [0.717, 1.165) is 5.69 Å². The number of methoxy groups -OCH3 is 1. The lowest BCUT2D eigenvalue weighted by Gasteiger charge is -2.10. The molecule has 0 bridgehead atoms. The van der Waals surface area contributed by atoms with E-state index in [1.807, 2.05) is 13.8 Å². The van der Waals surface area contributed by atoms with Crippen LogP contribution in [0.3, 0.4) is 0 Å². The summed E-state index contributed by atoms with van der Waals surface area (Å²) in [5.41, 5.74) is 1.48. The third-order valence-electron chi connectivity index (χ3n) is 2.87. The summed E-state index contributed by atoms with van der Waals surface area (Å²) >= 11 is 5.67. The number of carbonyl (C=O) groups excluding carboxylic acids is 1. The number of ether oxygens (including phenoxy) is 1. The van der Waals surface area contributed by atoms with Gasteiger partial charge in [-0.3, -0.25) is 0 Å². The van der Waals surface area contributed by atoms with E-state index in [1.54, 1.807) is 12.1 Å². The fourth-order valence-electron chi connectivity index (χ4n) is 1.83. The third kappa shape index (κ3) is 2.67. The van der Waals surface area contributed by atoms with E-state index in [4.69, 9.17) is 11.6 Å². The maximum atomic E-state index is 13.6. The number of rotatable bonds is 3. The van der Waals surface area contributed by atoms with Gasteiger partial charge in [-0.25, -0.2) is 13.9 Å². The van der Waals surface area contributed by atoms with Gasteiger partial charge in [-0.2, -0.15) is 5.10 Å². The predicted molar refractivity (Wildman–Crippen MR) is 74.0 cm³/mol. The second-order valence-electron chi connectivity index (χ2n) is 4.61. The molecule has 0 saturated heterocycles. The maximum absolute atomic E-state index is 13.6. The molecule has 0 N–H and O–H groups in total. The second kappa shape index (κ2) is 5.63. The summed E-state index contributed by atoms with van der Waals surface area (Å²) in [4.78, 5) is 11.6. The molecule has 0 atom stereocenters. The highest BCUT2D eigenvalue weighted by atomic mass is 35.5. The normalized spacial score (nSPS) is 10.9. The monoisotopic (exact) mass is 296 g/mol. The number of aromatic nitrogens is 2. The largest absolute Gasteiger partial charge is 0.464 e. The second-order valence-corrected chi connectivity index (χ2v) is 5.02. The van der Waals surface area contributed by atoms with Gasteiger partial charge in [-0.1, -0.05) is 25.4 Å². The molecule has 0 saturated carbocycles. The molecular weight excluding hydrogens is 283 g/mol. The minimum atomic E-state index is -0.533. The molecule has 0 unspecified atom stereocenters. The molecular formula is C14H14ClFN2O2. The summed E-state index contributed by atoms with van der Waals surface area (Å²) < 4.78 is 19.7. The highest BCUT2D eigenvalue weighted by Crippen LogP contribution is 2.23. The Morgan fingerprint density at radius 3 is 2.65 bits per heavy atom. The lowest BCUT2D eigenvalue weighted by Crippen LogP contribution is -2.06. The summed E-state index contributed by atoms with van der Waals surface area (Å²) in [7, 11) is 1.29. The van der Waals surface area contributed by atoms with Crippen molar-refractivity contribution in [2.24, 2.45) is 0 Å². The number of halogens is 2. The molecule has 6 heteroatoms. The van der Waals surface area contributed by atoms with Crippen molar-refractivity contribution in [3.05, 3.63) is 46.5 Å². The minimum absolute atomic E-state index is 0.0418. The standard InChI is InChI=1S/C14H14ClFN2O2/c1-8(2)13-7-12(14(19)20-3)17-18(13)9-4-5-10(15)11(16)6-9/h4-8H,1-3H3. The number of hydrogen-bond acceptors (Lipinski definition) is 3. The van der Waals surface area contributed by atoms with Gasteiger partial charge in [0.25, 0.3) is 0 Å². The predicted octanol–water partition coefficient (Wildman–Crippen LogP) is 3.57. The van der Waals surface area contributed by atoms with Crippen molar-refractivity contribution < 1.29 is 13.9 Å². The SMILES string of the molecule is COC(=O)c1cc(C(C)C)n(-c2ccc(Cl)c(F)c2)n1. The molecule has 20 heavy (non-hydrogen) atoms. The topological polar surface area (TPSA) is 44.1 Å². The number of benzene rings is 1. The smallest absolute Gasteiger partial charge is 0.358 e. The Morgan fingerprint density at radius 2 is 2.10 bits per heavy atom. The molecule has 1 aromatic heterocycles. The van der Waals surface area contributed by atoms with Gasteiger partial charge in [-0.15, -0.1) is 0 Å². The zero-order valence-corrected chi connectivity index (χ0v) is 12.1. The van der Waals surface area contributed by atoms with Crippen LogP contribution >= 0.6 is 11.6 Å². The minimum Gasteiger partial charge on any atom is -0.464 e. The van der Waals surface area contributed by atoms with Crippen LogP contribution in [0.25, 0.3) is 5.69 Å². The lowest BCUT2D eigenvalue weighted by atomic mass is 10.1. The van der Waals surface area contributed by atoms with Crippen molar-refractivity contribution in [2.75, 3.05) is 7.11 Å². The highest BCUT2D eigenvalue weighted by molar-refractivity contribution is 6.30. The first-order chi connectivity index (χ1) is 9.43. The summed E-state index contributed by atoms with van der Waals surface area (Å²) in [5, 5.41) is 4.22. The van der Waals surface area contributed by atoms with E-state index < -0.39 is 11.8 Å². The van der Waals surface area contributed by atoms with Crippen LogP contribution in [-0.2, 0) is 4.74 Å². The van der Waals surface area contributed by atoms with E-state index >= 15 is 0 Å². The van der Waals surface area contributed by atoms with Gasteiger partial charge in [0.15, 0.2) is 5.69 Å². The summed E-state index contributed by atoms with van der Waals surface area (Å²) in [6, 6.07) is 6.02. The average molecular weight is 297 g/mol. The van der Waals surface area contributed by atoms with Crippen LogP contribution in [0.15, 0.2) is 24.3 Å². The molecule has 0 aliphatic heterocycles. The van der Waals surface area contributed by atoms with E-state index in [-0.39, 0.29) is 16.6 Å². The first-order valence-electron chi connectivity index (χ1n) is 6.07. The maximum Gasteiger partial charge on any atom is 0.358 e. The van der Waals surface area contributed by atoms with Crippen LogP contribution in [-0.4, -0.2) is 22.9 Å². The van der Waals surface area contributed by atoms with Gasteiger partial charge in [0.05, 0.1) is 17.8 Å².